The summed E-state index contributed by atoms with van der Waals surface area (Å²) in [6.07, 6.45) is 8.21. The van der Waals surface area contributed by atoms with Crippen LogP contribution in [0, 0.1) is 11.7 Å². The average molecular weight is 576 g/mol. The maximum absolute atomic E-state index is 14.2. The Labute approximate surface area is 240 Å². The lowest BCUT2D eigenvalue weighted by Crippen LogP contribution is -2.35. The maximum Gasteiger partial charge on any atom is 0.303 e. The molecular formula is C28H42FN7O5. The van der Waals surface area contributed by atoms with E-state index in [0.29, 0.717) is 35.5 Å². The van der Waals surface area contributed by atoms with Crippen molar-refractivity contribution in [1.82, 2.24) is 19.9 Å². The Kier molecular flexibility index (Phi) is 12.8. The number of likely N-dealkylation sites (N-methyl/N-ethyl adjacent to an activating group) is 1. The van der Waals surface area contributed by atoms with E-state index < -0.39 is 17.8 Å². The first-order chi connectivity index (χ1) is 19.8. The molecule has 1 unspecified atom stereocenters. The normalized spacial score (nSPS) is 17.3. The Balaban J connectivity index is 0.000000507. The van der Waals surface area contributed by atoms with Gasteiger partial charge in [-0.3, -0.25) is 14.5 Å². The summed E-state index contributed by atoms with van der Waals surface area (Å²) in [7, 11) is 1.45. The summed E-state index contributed by atoms with van der Waals surface area (Å²) in [4.78, 5) is 35.5. The van der Waals surface area contributed by atoms with Crippen LogP contribution in [0.3, 0.4) is 0 Å². The number of carbonyl (C=O) groups is 2. The maximum atomic E-state index is 14.2. The minimum atomic E-state index is -1.08. The van der Waals surface area contributed by atoms with Crippen molar-refractivity contribution in [1.29, 1.82) is 0 Å². The molecule has 0 amide bonds. The topological polar surface area (TPSA) is 162 Å². The molecule has 2 heterocycles. The SMILES string of the molecule is CCN1CCCC1CNc1nc(NCC2CCCCC2)nc(Nc2ccc(OC)c(F)c2)n1.O=C(O)CCC(=O)O. The lowest BCUT2D eigenvalue weighted by molar-refractivity contribution is -0.143. The number of benzene rings is 1. The number of rotatable bonds is 13. The molecule has 1 saturated carbocycles. The van der Waals surface area contributed by atoms with Crippen molar-refractivity contribution in [2.45, 2.75) is 70.8 Å². The predicted molar refractivity (Wildman–Crippen MR) is 154 cm³/mol. The van der Waals surface area contributed by atoms with Gasteiger partial charge in [0, 0.05) is 30.9 Å². The van der Waals surface area contributed by atoms with Crippen LogP contribution < -0.4 is 20.7 Å². The Hall–Kier alpha value is -3.74. The van der Waals surface area contributed by atoms with E-state index in [2.05, 4.69) is 42.7 Å². The summed E-state index contributed by atoms with van der Waals surface area (Å²) in [5.74, 6) is -0.307. The number of hydrogen-bond donors (Lipinski definition) is 5. The van der Waals surface area contributed by atoms with Gasteiger partial charge in [0.25, 0.3) is 0 Å². The molecule has 13 heteroatoms. The molecule has 0 radical (unpaired) electrons. The van der Waals surface area contributed by atoms with E-state index in [1.807, 2.05) is 0 Å². The Bertz CT molecular complexity index is 1120. The minimum absolute atomic E-state index is 0.199. The van der Waals surface area contributed by atoms with Crippen LogP contribution in [0.5, 0.6) is 5.75 Å². The molecule has 12 nitrogen and oxygen atoms in total. The number of methoxy groups -OCH3 is 1. The molecule has 5 N–H and O–H groups in total. The molecule has 1 aliphatic heterocycles. The van der Waals surface area contributed by atoms with Crippen molar-refractivity contribution in [3.05, 3.63) is 24.0 Å². The van der Waals surface area contributed by atoms with Crippen LogP contribution in [0.2, 0.25) is 0 Å². The zero-order chi connectivity index (χ0) is 29.6. The first kappa shape index (κ1) is 31.8. The number of halogens is 1. The zero-order valence-corrected chi connectivity index (χ0v) is 23.9. The van der Waals surface area contributed by atoms with Crippen LogP contribution in [-0.2, 0) is 9.59 Å². The van der Waals surface area contributed by atoms with Gasteiger partial charge in [-0.1, -0.05) is 26.2 Å². The number of ether oxygens (including phenoxy) is 1. The molecule has 1 aromatic carbocycles. The molecule has 0 bridgehead atoms. The van der Waals surface area contributed by atoms with Crippen LogP contribution in [-0.4, -0.2) is 81.3 Å². The van der Waals surface area contributed by atoms with Crippen molar-refractivity contribution < 1.29 is 28.9 Å². The number of anilines is 4. The highest BCUT2D eigenvalue weighted by molar-refractivity contribution is 5.75. The molecule has 1 aliphatic carbocycles. The molecular weight excluding hydrogens is 533 g/mol. The number of aliphatic carboxylic acids is 2. The molecule has 1 aromatic heterocycles. The minimum Gasteiger partial charge on any atom is -0.494 e. The van der Waals surface area contributed by atoms with Gasteiger partial charge in [-0.05, 0) is 56.8 Å². The first-order valence-corrected chi connectivity index (χ1v) is 14.3. The number of nitrogens with zero attached hydrogens (tertiary/aromatic N) is 4. The van der Waals surface area contributed by atoms with Gasteiger partial charge in [-0.25, -0.2) is 4.39 Å². The van der Waals surface area contributed by atoms with Crippen LogP contribution in [0.15, 0.2) is 18.2 Å². The van der Waals surface area contributed by atoms with Gasteiger partial charge in [0.1, 0.15) is 0 Å². The summed E-state index contributed by atoms with van der Waals surface area (Å²) in [6, 6.07) is 5.19. The van der Waals surface area contributed by atoms with Gasteiger partial charge in [0.05, 0.1) is 20.0 Å². The van der Waals surface area contributed by atoms with Crippen molar-refractivity contribution in [3.8, 4) is 5.75 Å². The highest BCUT2D eigenvalue weighted by atomic mass is 19.1. The third-order valence-electron chi connectivity index (χ3n) is 7.27. The van der Waals surface area contributed by atoms with Gasteiger partial charge in [0.2, 0.25) is 17.8 Å². The van der Waals surface area contributed by atoms with E-state index in [9.17, 15) is 14.0 Å². The molecule has 2 aliphatic rings. The molecule has 226 valence electrons. The monoisotopic (exact) mass is 575 g/mol. The fraction of sp³-hybridized carbons (Fsp3) is 0.607. The van der Waals surface area contributed by atoms with Crippen LogP contribution in [0.25, 0.3) is 0 Å². The second kappa shape index (κ2) is 16.5. The van der Waals surface area contributed by atoms with E-state index in [0.717, 1.165) is 26.2 Å². The van der Waals surface area contributed by atoms with Crippen molar-refractivity contribution in [2.24, 2.45) is 5.92 Å². The molecule has 4 rings (SSSR count). The van der Waals surface area contributed by atoms with E-state index in [-0.39, 0.29) is 18.6 Å². The van der Waals surface area contributed by atoms with Gasteiger partial charge in [-0.15, -0.1) is 0 Å². The number of aromatic nitrogens is 3. The fourth-order valence-electron chi connectivity index (χ4n) is 5.06. The Morgan fingerprint density at radius 1 is 0.951 bits per heavy atom. The highest BCUT2D eigenvalue weighted by Gasteiger charge is 2.23. The van der Waals surface area contributed by atoms with E-state index >= 15 is 0 Å². The number of likely N-dealkylation sites (tertiary alicyclic amines) is 1. The Morgan fingerprint density at radius 3 is 2.17 bits per heavy atom. The van der Waals surface area contributed by atoms with Crippen LogP contribution in [0.1, 0.15) is 64.7 Å². The second-order valence-corrected chi connectivity index (χ2v) is 10.3. The summed E-state index contributed by atoms with van der Waals surface area (Å²) in [5.41, 5.74) is 0.552. The standard InChI is InChI=1S/C24H36FN7O.C4H6O4/c1-3-32-13-7-10-19(32)16-27-23-29-22(26-15-17-8-5-4-6-9-17)30-24(31-23)28-18-11-12-21(33-2)20(25)14-18;5-3(6)1-2-4(7)8/h11-12,14,17,19H,3-10,13,15-16H2,1-2H3,(H3,26,27,28,29,30,31);1-2H2,(H,5,6)(H,7,8). The second-order valence-electron chi connectivity index (χ2n) is 10.3. The molecule has 0 spiro atoms. The van der Waals surface area contributed by atoms with Gasteiger partial charge in [-0.2, -0.15) is 15.0 Å². The summed E-state index contributed by atoms with van der Waals surface area (Å²) in [5, 5.41) is 25.7. The van der Waals surface area contributed by atoms with Crippen molar-refractivity contribution in [2.75, 3.05) is 49.2 Å². The Morgan fingerprint density at radius 2 is 1.59 bits per heavy atom. The molecule has 2 aromatic rings. The molecule has 1 atom stereocenters. The van der Waals surface area contributed by atoms with Crippen molar-refractivity contribution >= 4 is 35.5 Å². The lowest BCUT2D eigenvalue weighted by Gasteiger charge is -2.23. The predicted octanol–water partition coefficient (Wildman–Crippen LogP) is 4.59. The van der Waals surface area contributed by atoms with Crippen LogP contribution in [0.4, 0.5) is 27.9 Å². The number of hydrogen-bond acceptors (Lipinski definition) is 10. The van der Waals surface area contributed by atoms with E-state index in [4.69, 9.17) is 14.9 Å². The van der Waals surface area contributed by atoms with E-state index in [1.165, 1.54) is 58.1 Å². The molecule has 2 fully saturated rings. The highest BCUT2D eigenvalue weighted by Crippen LogP contribution is 2.25. The number of carboxylic acids is 2. The van der Waals surface area contributed by atoms with Gasteiger partial charge >= 0.3 is 11.9 Å². The molecule has 41 heavy (non-hydrogen) atoms. The van der Waals surface area contributed by atoms with Crippen LogP contribution >= 0.6 is 0 Å². The summed E-state index contributed by atoms with van der Waals surface area (Å²) in [6.45, 7) is 6.03. The molecule has 1 saturated heterocycles. The third kappa shape index (κ3) is 11.0. The fourth-order valence-corrected chi connectivity index (χ4v) is 5.06. The van der Waals surface area contributed by atoms with Gasteiger partial charge in [0.15, 0.2) is 11.6 Å². The number of carboxylic acid groups (broad SMARTS) is 2. The van der Waals surface area contributed by atoms with Crippen molar-refractivity contribution in [3.63, 3.8) is 0 Å². The summed E-state index contributed by atoms with van der Waals surface area (Å²) >= 11 is 0. The lowest BCUT2D eigenvalue weighted by atomic mass is 9.89. The number of nitrogens with one attached hydrogen (secondary N) is 3. The van der Waals surface area contributed by atoms with Gasteiger partial charge < -0.3 is 30.9 Å². The average Bonchev–Trinajstić information content (AvgIpc) is 3.43. The first-order valence-electron chi connectivity index (χ1n) is 14.3. The summed E-state index contributed by atoms with van der Waals surface area (Å²) < 4.78 is 19.2. The quantitative estimate of drug-likeness (QED) is 0.226. The zero-order valence-electron chi connectivity index (χ0n) is 23.9. The van der Waals surface area contributed by atoms with E-state index in [1.54, 1.807) is 12.1 Å². The largest absolute Gasteiger partial charge is 0.494 e. The third-order valence-corrected chi connectivity index (χ3v) is 7.27. The smallest absolute Gasteiger partial charge is 0.303 e.